The summed E-state index contributed by atoms with van der Waals surface area (Å²) in [5, 5.41) is 2.64. The summed E-state index contributed by atoms with van der Waals surface area (Å²) in [5.41, 5.74) is 0. The van der Waals surface area contributed by atoms with E-state index in [1.54, 1.807) is 0 Å². The Kier molecular flexibility index (Phi) is 6.07. The fourth-order valence-electron chi connectivity index (χ4n) is 2.55. The van der Waals surface area contributed by atoms with E-state index < -0.39 is 20.9 Å². The first-order valence-electron chi connectivity index (χ1n) is 7.22. The van der Waals surface area contributed by atoms with Gasteiger partial charge in [0.1, 0.15) is 4.90 Å². The van der Waals surface area contributed by atoms with Crippen LogP contribution in [0.15, 0.2) is 17.0 Å². The molecule has 1 aromatic rings. The van der Waals surface area contributed by atoms with E-state index in [1.807, 2.05) is 6.92 Å². The molecular weight excluding hydrogens is 350 g/mol. The molecule has 2 rings (SSSR count). The predicted octanol–water partition coefficient (Wildman–Crippen LogP) is 3.14. The zero-order chi connectivity index (χ0) is 16.3. The summed E-state index contributed by atoms with van der Waals surface area (Å²) in [6.07, 6.45) is 1.56. The Balaban J connectivity index is 2.14. The average Bonchev–Trinajstić information content (AvgIpc) is 2.51. The molecule has 1 aliphatic rings. The summed E-state index contributed by atoms with van der Waals surface area (Å²) < 4.78 is 40.3. The van der Waals surface area contributed by atoms with Crippen molar-refractivity contribution in [3.8, 4) is 0 Å². The van der Waals surface area contributed by atoms with Crippen LogP contribution in [0, 0.1) is 11.7 Å². The van der Waals surface area contributed by atoms with Crippen molar-refractivity contribution in [2.24, 2.45) is 5.92 Å². The van der Waals surface area contributed by atoms with E-state index in [0.717, 1.165) is 25.9 Å². The zero-order valence-electron chi connectivity index (χ0n) is 12.3. The van der Waals surface area contributed by atoms with E-state index in [1.165, 1.54) is 16.4 Å². The Morgan fingerprint density at radius 1 is 1.32 bits per heavy atom. The third kappa shape index (κ3) is 3.74. The summed E-state index contributed by atoms with van der Waals surface area (Å²) in [7, 11) is -3.79. The van der Waals surface area contributed by atoms with E-state index in [0.29, 0.717) is 19.0 Å². The van der Waals surface area contributed by atoms with Crippen LogP contribution in [0.1, 0.15) is 19.8 Å². The topological polar surface area (TPSA) is 49.4 Å². The lowest BCUT2D eigenvalue weighted by Crippen LogP contribution is -2.40. The molecule has 0 aliphatic carbocycles. The largest absolute Gasteiger partial charge is 0.317 e. The molecule has 124 valence electrons. The van der Waals surface area contributed by atoms with Gasteiger partial charge in [-0.3, -0.25) is 0 Å². The van der Waals surface area contributed by atoms with Crippen LogP contribution in [0.4, 0.5) is 4.39 Å². The first kappa shape index (κ1) is 17.9. The molecule has 4 nitrogen and oxygen atoms in total. The lowest BCUT2D eigenvalue weighted by molar-refractivity contribution is 0.268. The summed E-state index contributed by atoms with van der Waals surface area (Å²) in [4.78, 5) is -0.221. The highest BCUT2D eigenvalue weighted by Gasteiger charge is 2.31. The number of nitrogens with zero attached hydrogens (tertiary/aromatic N) is 1. The third-order valence-electron chi connectivity index (χ3n) is 3.87. The normalized spacial score (nSPS) is 17.8. The zero-order valence-corrected chi connectivity index (χ0v) is 14.6. The molecule has 0 amide bonds. The molecule has 1 N–H and O–H groups in total. The SMILES string of the molecule is CCNCC1CCN(S(=O)(=O)c2ccc(Cl)c(F)c2Cl)CC1. The highest BCUT2D eigenvalue weighted by atomic mass is 35.5. The van der Waals surface area contributed by atoms with Gasteiger partial charge < -0.3 is 5.32 Å². The molecule has 0 saturated carbocycles. The Morgan fingerprint density at radius 2 is 1.95 bits per heavy atom. The molecule has 1 aliphatic heterocycles. The van der Waals surface area contributed by atoms with Crippen LogP contribution >= 0.6 is 23.2 Å². The maximum Gasteiger partial charge on any atom is 0.244 e. The molecular formula is C14H19Cl2FN2O2S. The molecule has 1 saturated heterocycles. The van der Waals surface area contributed by atoms with Crippen LogP contribution in [0.25, 0.3) is 0 Å². The van der Waals surface area contributed by atoms with Crippen molar-refractivity contribution in [3.63, 3.8) is 0 Å². The van der Waals surface area contributed by atoms with Gasteiger partial charge in [-0.15, -0.1) is 0 Å². The number of hydrogen-bond acceptors (Lipinski definition) is 3. The van der Waals surface area contributed by atoms with Gasteiger partial charge in [0.25, 0.3) is 0 Å². The van der Waals surface area contributed by atoms with Crippen molar-refractivity contribution in [3.05, 3.63) is 28.0 Å². The molecule has 0 spiro atoms. The second-order valence-corrected chi connectivity index (χ2v) is 8.02. The van der Waals surface area contributed by atoms with Gasteiger partial charge in [0.15, 0.2) is 5.82 Å². The van der Waals surface area contributed by atoms with E-state index in [-0.39, 0.29) is 9.92 Å². The minimum atomic E-state index is -3.79. The fraction of sp³-hybridized carbons (Fsp3) is 0.571. The molecule has 0 bridgehead atoms. The quantitative estimate of drug-likeness (QED) is 0.812. The van der Waals surface area contributed by atoms with Crippen LogP contribution < -0.4 is 5.32 Å². The summed E-state index contributed by atoms with van der Waals surface area (Å²) in [6, 6.07) is 2.47. The second kappa shape index (κ2) is 7.45. The van der Waals surface area contributed by atoms with Gasteiger partial charge in [-0.25, -0.2) is 12.8 Å². The molecule has 0 unspecified atom stereocenters. The monoisotopic (exact) mass is 368 g/mol. The van der Waals surface area contributed by atoms with Crippen molar-refractivity contribution < 1.29 is 12.8 Å². The molecule has 0 atom stereocenters. The van der Waals surface area contributed by atoms with E-state index in [4.69, 9.17) is 23.2 Å². The van der Waals surface area contributed by atoms with Gasteiger partial charge in [0.2, 0.25) is 10.0 Å². The van der Waals surface area contributed by atoms with Crippen molar-refractivity contribution in [2.75, 3.05) is 26.2 Å². The molecule has 22 heavy (non-hydrogen) atoms. The van der Waals surface area contributed by atoms with E-state index >= 15 is 0 Å². The summed E-state index contributed by atoms with van der Waals surface area (Å²) in [5.74, 6) is -0.435. The first-order chi connectivity index (χ1) is 10.4. The molecule has 1 fully saturated rings. The van der Waals surface area contributed by atoms with E-state index in [9.17, 15) is 12.8 Å². The van der Waals surface area contributed by atoms with Crippen LogP contribution in [0.5, 0.6) is 0 Å². The number of piperidine rings is 1. The highest BCUT2D eigenvalue weighted by Crippen LogP contribution is 2.32. The Bertz CT molecular complexity index is 632. The number of sulfonamides is 1. The number of hydrogen-bond donors (Lipinski definition) is 1. The minimum absolute atomic E-state index is 0.187. The van der Waals surface area contributed by atoms with Gasteiger partial charge in [-0.2, -0.15) is 4.31 Å². The Morgan fingerprint density at radius 3 is 2.55 bits per heavy atom. The molecule has 1 heterocycles. The van der Waals surface area contributed by atoms with Gasteiger partial charge in [-0.1, -0.05) is 30.1 Å². The number of rotatable bonds is 5. The molecule has 0 radical (unpaired) electrons. The Hall–Kier alpha value is -0.400. The lowest BCUT2D eigenvalue weighted by atomic mass is 9.98. The Labute approximate surface area is 140 Å². The van der Waals surface area contributed by atoms with E-state index in [2.05, 4.69) is 5.32 Å². The van der Waals surface area contributed by atoms with Gasteiger partial charge in [-0.05, 0) is 44.0 Å². The standard InChI is InChI=1S/C14H19Cl2FN2O2S/c1-2-18-9-10-5-7-19(8-6-10)22(20,21)12-4-3-11(15)14(17)13(12)16/h3-4,10,18H,2,5-9H2,1H3. The predicted molar refractivity (Wildman–Crippen MR) is 86.4 cm³/mol. The third-order valence-corrected chi connectivity index (χ3v) is 6.59. The van der Waals surface area contributed by atoms with Crippen molar-refractivity contribution in [2.45, 2.75) is 24.7 Å². The van der Waals surface area contributed by atoms with Crippen LogP contribution in [-0.4, -0.2) is 38.9 Å². The summed E-state index contributed by atoms with van der Waals surface area (Å²) >= 11 is 11.4. The molecule has 0 aromatic heterocycles. The van der Waals surface area contributed by atoms with Crippen molar-refractivity contribution in [1.29, 1.82) is 0 Å². The summed E-state index contributed by atoms with van der Waals surface area (Å²) in [6.45, 7) is 4.66. The van der Waals surface area contributed by atoms with Gasteiger partial charge in [0, 0.05) is 13.1 Å². The lowest BCUT2D eigenvalue weighted by Gasteiger charge is -2.31. The molecule has 8 heteroatoms. The van der Waals surface area contributed by atoms with Gasteiger partial charge >= 0.3 is 0 Å². The van der Waals surface area contributed by atoms with Crippen molar-refractivity contribution in [1.82, 2.24) is 9.62 Å². The number of halogens is 3. The maximum absolute atomic E-state index is 13.7. The maximum atomic E-state index is 13.7. The van der Waals surface area contributed by atoms with Crippen LogP contribution in [0.2, 0.25) is 10.0 Å². The fourth-order valence-corrected chi connectivity index (χ4v) is 4.74. The number of benzene rings is 1. The van der Waals surface area contributed by atoms with Crippen LogP contribution in [0.3, 0.4) is 0 Å². The molecule has 1 aromatic carbocycles. The first-order valence-corrected chi connectivity index (χ1v) is 9.42. The second-order valence-electron chi connectivity index (χ2n) is 5.33. The van der Waals surface area contributed by atoms with Crippen LogP contribution in [-0.2, 0) is 10.0 Å². The highest BCUT2D eigenvalue weighted by molar-refractivity contribution is 7.89. The van der Waals surface area contributed by atoms with Crippen molar-refractivity contribution >= 4 is 33.2 Å². The average molecular weight is 369 g/mol. The number of nitrogens with one attached hydrogen (secondary N) is 1. The smallest absolute Gasteiger partial charge is 0.244 e. The van der Waals surface area contributed by atoms with Gasteiger partial charge in [0.05, 0.1) is 10.0 Å². The minimum Gasteiger partial charge on any atom is -0.317 e.